The molecule has 1 saturated carbocycles. The van der Waals surface area contributed by atoms with Crippen molar-refractivity contribution in [2.75, 3.05) is 25.4 Å². The van der Waals surface area contributed by atoms with Crippen LogP contribution in [0, 0.1) is 12.8 Å². The lowest BCUT2D eigenvalue weighted by atomic mass is 9.94. The maximum absolute atomic E-state index is 12.9. The summed E-state index contributed by atoms with van der Waals surface area (Å²) in [6.45, 7) is 4.90. The van der Waals surface area contributed by atoms with Crippen molar-refractivity contribution in [3.63, 3.8) is 0 Å². The molecule has 34 heavy (non-hydrogen) atoms. The molecule has 0 spiro atoms. The van der Waals surface area contributed by atoms with Gasteiger partial charge >= 0.3 is 6.18 Å². The van der Waals surface area contributed by atoms with Crippen LogP contribution in [-0.2, 0) is 18.6 Å². The van der Waals surface area contributed by atoms with E-state index < -0.39 is 11.7 Å². The molecule has 0 amide bonds. The molecule has 5 rings (SSSR count). The molecular formula is C24H27ClF3N5S. The van der Waals surface area contributed by atoms with Crippen molar-refractivity contribution in [3.05, 3.63) is 59.4 Å². The summed E-state index contributed by atoms with van der Waals surface area (Å²) < 4.78 is 40.6. The zero-order valence-electron chi connectivity index (χ0n) is 19.0. The molecule has 2 atom stereocenters. The van der Waals surface area contributed by atoms with E-state index in [9.17, 15) is 13.2 Å². The number of hydrogen-bond acceptors (Lipinski definition) is 5. The van der Waals surface area contributed by atoms with Crippen LogP contribution in [0.4, 0.5) is 13.2 Å². The van der Waals surface area contributed by atoms with Crippen LogP contribution in [0.2, 0.25) is 0 Å². The highest BCUT2D eigenvalue weighted by Gasteiger charge is 2.60. The first-order valence-corrected chi connectivity index (χ1v) is 12.1. The molecular weight excluding hydrogens is 483 g/mol. The summed E-state index contributed by atoms with van der Waals surface area (Å²) in [5, 5.41) is 9.54. The van der Waals surface area contributed by atoms with E-state index in [2.05, 4.69) is 20.1 Å². The molecule has 3 heterocycles. The molecule has 0 unspecified atom stereocenters. The van der Waals surface area contributed by atoms with Crippen LogP contribution in [0.25, 0.3) is 11.4 Å². The van der Waals surface area contributed by atoms with Crippen molar-refractivity contribution in [2.45, 2.75) is 36.5 Å². The van der Waals surface area contributed by atoms with E-state index in [0.29, 0.717) is 5.92 Å². The lowest BCUT2D eigenvalue weighted by Crippen LogP contribution is -2.28. The Balaban J connectivity index is 0.00000274. The molecule has 3 aromatic rings. The standard InChI is InChI=1S/C24H26F3N5S.ClH/c1-16-4-5-17(13-28-16)21-29-30-22(31(21)2)33-11-3-10-32-14-20-12-23(20,15-32)18-6-8-19(9-7-18)24(25,26)27;/h4-9,13,20H,3,10-12,14-15H2,1-2H3;1H/t20-,23+;/m0./s1. The SMILES string of the molecule is Cc1ccc(-c2nnc(SCCCN3C[C@@H]4C[C@]4(c4ccc(C(F)(F)F)cc4)C3)n2C)cn1.Cl. The van der Waals surface area contributed by atoms with Gasteiger partial charge in [0, 0.05) is 48.8 Å². The molecule has 1 aliphatic carbocycles. The number of nitrogens with zero attached hydrogens (tertiary/aromatic N) is 5. The number of alkyl halides is 3. The molecule has 2 aromatic heterocycles. The van der Waals surface area contributed by atoms with Crippen molar-refractivity contribution in [2.24, 2.45) is 13.0 Å². The Bertz CT molecular complexity index is 1130. The van der Waals surface area contributed by atoms with Crippen LogP contribution in [-0.4, -0.2) is 50.0 Å². The smallest absolute Gasteiger partial charge is 0.305 e. The normalized spacial score (nSPS) is 21.9. The molecule has 182 valence electrons. The summed E-state index contributed by atoms with van der Waals surface area (Å²) in [7, 11) is 1.97. The van der Waals surface area contributed by atoms with E-state index in [4.69, 9.17) is 0 Å². The van der Waals surface area contributed by atoms with Crippen LogP contribution in [0.3, 0.4) is 0 Å². The van der Waals surface area contributed by atoms with Gasteiger partial charge in [0.1, 0.15) is 0 Å². The van der Waals surface area contributed by atoms with Gasteiger partial charge in [-0.25, -0.2) is 0 Å². The second kappa shape index (κ2) is 9.51. The lowest BCUT2D eigenvalue weighted by Gasteiger charge is -2.21. The molecule has 5 nitrogen and oxygen atoms in total. The highest BCUT2D eigenvalue weighted by molar-refractivity contribution is 7.99. The first-order chi connectivity index (χ1) is 15.8. The maximum atomic E-state index is 12.9. The fraction of sp³-hybridized carbons (Fsp3) is 0.458. The Hall–Kier alpha value is -2.10. The molecule has 0 bridgehead atoms. The Kier molecular flexibility index (Phi) is 6.99. The van der Waals surface area contributed by atoms with E-state index in [1.54, 1.807) is 23.9 Å². The van der Waals surface area contributed by atoms with Gasteiger partial charge in [-0.3, -0.25) is 4.98 Å². The summed E-state index contributed by atoms with van der Waals surface area (Å²) in [5.41, 5.74) is 2.45. The van der Waals surface area contributed by atoms with Crippen molar-refractivity contribution >= 4 is 24.2 Å². The monoisotopic (exact) mass is 509 g/mol. The van der Waals surface area contributed by atoms with Gasteiger partial charge in [0.2, 0.25) is 0 Å². The quantitative estimate of drug-likeness (QED) is 0.316. The Morgan fingerprint density at radius 3 is 2.56 bits per heavy atom. The molecule has 1 saturated heterocycles. The van der Waals surface area contributed by atoms with Crippen LogP contribution >= 0.6 is 24.2 Å². The highest BCUT2D eigenvalue weighted by atomic mass is 35.5. The van der Waals surface area contributed by atoms with Crippen molar-refractivity contribution in [1.82, 2.24) is 24.6 Å². The van der Waals surface area contributed by atoms with E-state index in [1.807, 2.05) is 36.9 Å². The number of piperidine rings is 1. The van der Waals surface area contributed by atoms with Gasteiger partial charge in [0.05, 0.1) is 5.56 Å². The summed E-state index contributed by atoms with van der Waals surface area (Å²) in [6, 6.07) is 9.77. The molecule has 0 radical (unpaired) electrons. The highest BCUT2D eigenvalue weighted by Crippen LogP contribution is 2.59. The van der Waals surface area contributed by atoms with Gasteiger partial charge in [-0.05, 0) is 62.1 Å². The molecule has 1 aromatic carbocycles. The third kappa shape index (κ3) is 4.83. The number of rotatable bonds is 7. The van der Waals surface area contributed by atoms with E-state index in [-0.39, 0.29) is 17.8 Å². The summed E-state index contributed by atoms with van der Waals surface area (Å²) in [5.74, 6) is 2.31. The van der Waals surface area contributed by atoms with Gasteiger partial charge < -0.3 is 9.47 Å². The Labute approximate surface area is 207 Å². The van der Waals surface area contributed by atoms with Crippen molar-refractivity contribution in [3.8, 4) is 11.4 Å². The molecule has 1 aliphatic heterocycles. The minimum Gasteiger partial charge on any atom is -0.305 e. The van der Waals surface area contributed by atoms with Gasteiger partial charge in [-0.15, -0.1) is 22.6 Å². The van der Waals surface area contributed by atoms with E-state index in [1.165, 1.54) is 12.1 Å². The zero-order chi connectivity index (χ0) is 23.2. The average molecular weight is 510 g/mol. The predicted molar refractivity (Wildman–Crippen MR) is 129 cm³/mol. The minimum absolute atomic E-state index is 0. The third-order valence-corrected chi connectivity index (χ3v) is 7.96. The lowest BCUT2D eigenvalue weighted by molar-refractivity contribution is -0.137. The van der Waals surface area contributed by atoms with Crippen LogP contribution < -0.4 is 0 Å². The second-order valence-corrected chi connectivity index (χ2v) is 10.2. The second-order valence-electron chi connectivity index (χ2n) is 9.12. The fourth-order valence-corrected chi connectivity index (χ4v) is 5.77. The summed E-state index contributed by atoms with van der Waals surface area (Å²) in [6.07, 6.45) is -0.355. The Morgan fingerprint density at radius 2 is 1.88 bits per heavy atom. The fourth-order valence-electron chi connectivity index (χ4n) is 4.94. The summed E-state index contributed by atoms with van der Waals surface area (Å²) >= 11 is 1.70. The topological polar surface area (TPSA) is 46.8 Å². The summed E-state index contributed by atoms with van der Waals surface area (Å²) in [4.78, 5) is 6.78. The minimum atomic E-state index is -4.28. The zero-order valence-corrected chi connectivity index (χ0v) is 20.7. The number of fused-ring (bicyclic) bond motifs is 1. The van der Waals surface area contributed by atoms with Crippen LogP contribution in [0.15, 0.2) is 47.8 Å². The maximum Gasteiger partial charge on any atom is 0.416 e. The third-order valence-electron chi connectivity index (χ3n) is 6.86. The first kappa shape index (κ1) is 25.0. The number of likely N-dealkylation sites (tertiary alicyclic amines) is 1. The van der Waals surface area contributed by atoms with Gasteiger partial charge in [0.15, 0.2) is 11.0 Å². The van der Waals surface area contributed by atoms with Gasteiger partial charge in [-0.1, -0.05) is 23.9 Å². The molecule has 0 N–H and O–H groups in total. The van der Waals surface area contributed by atoms with Crippen molar-refractivity contribution < 1.29 is 13.2 Å². The molecule has 2 aliphatic rings. The van der Waals surface area contributed by atoms with Gasteiger partial charge in [0.25, 0.3) is 0 Å². The number of benzene rings is 1. The van der Waals surface area contributed by atoms with Crippen LogP contribution in [0.1, 0.15) is 29.7 Å². The predicted octanol–water partition coefficient (Wildman–Crippen LogP) is 5.38. The number of pyridine rings is 1. The number of aromatic nitrogens is 4. The largest absolute Gasteiger partial charge is 0.416 e. The number of aryl methyl sites for hydroxylation is 1. The van der Waals surface area contributed by atoms with Crippen LogP contribution in [0.5, 0.6) is 0 Å². The van der Waals surface area contributed by atoms with E-state index in [0.717, 1.165) is 66.0 Å². The first-order valence-electron chi connectivity index (χ1n) is 11.1. The van der Waals surface area contributed by atoms with Crippen molar-refractivity contribution in [1.29, 1.82) is 0 Å². The number of thioether (sulfide) groups is 1. The number of halogens is 4. The number of hydrogen-bond donors (Lipinski definition) is 0. The van der Waals surface area contributed by atoms with Gasteiger partial charge in [-0.2, -0.15) is 13.2 Å². The molecule has 10 heteroatoms. The average Bonchev–Trinajstić information content (AvgIpc) is 3.16. The van der Waals surface area contributed by atoms with E-state index >= 15 is 0 Å². The Morgan fingerprint density at radius 1 is 1.12 bits per heavy atom. The molecule has 2 fully saturated rings.